The molecule has 0 saturated carbocycles. The minimum absolute atomic E-state index is 0.352. The van der Waals surface area contributed by atoms with Crippen molar-refractivity contribution < 1.29 is 14.3 Å². The maximum Gasteiger partial charge on any atom is 0.323 e. The van der Waals surface area contributed by atoms with Crippen molar-refractivity contribution in [3.8, 4) is 0 Å². The number of nitrogens with one attached hydrogen (secondary N) is 2. The third kappa shape index (κ3) is 4.40. The van der Waals surface area contributed by atoms with Crippen molar-refractivity contribution in [3.63, 3.8) is 0 Å². The Kier molecular flexibility index (Phi) is 5.13. The average Bonchev–Trinajstić information content (AvgIpc) is 2.42. The van der Waals surface area contributed by atoms with Crippen LogP contribution in [0.5, 0.6) is 0 Å². The molecule has 0 heterocycles. The molecule has 2 aromatic rings. The summed E-state index contributed by atoms with van der Waals surface area (Å²) in [5.41, 5.74) is 1.81. The van der Waals surface area contributed by atoms with Crippen LogP contribution in [-0.4, -0.2) is 11.1 Å². The molecule has 0 bridgehead atoms. The van der Waals surface area contributed by atoms with E-state index in [1.165, 1.54) is 18.2 Å². The molecule has 0 aromatic heterocycles. The van der Waals surface area contributed by atoms with Crippen molar-refractivity contribution in [2.24, 2.45) is 0 Å². The van der Waals surface area contributed by atoms with Crippen LogP contribution in [-0.2, 0) is 0 Å². The van der Waals surface area contributed by atoms with Gasteiger partial charge in [0.2, 0.25) is 0 Å². The lowest BCUT2D eigenvalue weighted by Gasteiger charge is -2.11. The first-order valence-corrected chi connectivity index (χ1v) is 7.34. The predicted octanol–water partition coefficient (Wildman–Crippen LogP) is 4.13. The van der Waals surface area contributed by atoms with Crippen molar-refractivity contribution in [1.29, 1.82) is 0 Å². The summed E-state index contributed by atoms with van der Waals surface area (Å²) in [6.45, 7) is 1.65. The van der Waals surface area contributed by atoms with Gasteiger partial charge in [0.1, 0.15) is 5.82 Å². The van der Waals surface area contributed by atoms with E-state index in [1.54, 1.807) is 31.2 Å². The number of carbonyl (C=O) groups excluding carboxylic acids is 1. The van der Waals surface area contributed by atoms with E-state index in [0.29, 0.717) is 20.5 Å². The molecule has 1 unspecified atom stereocenters. The van der Waals surface area contributed by atoms with Gasteiger partial charge >= 0.3 is 6.03 Å². The number of rotatable bonds is 3. The van der Waals surface area contributed by atoms with Crippen LogP contribution in [0, 0.1) is 9.39 Å². The minimum Gasteiger partial charge on any atom is -0.389 e. The lowest BCUT2D eigenvalue weighted by Crippen LogP contribution is -2.20. The molecule has 0 spiro atoms. The van der Waals surface area contributed by atoms with E-state index in [9.17, 15) is 14.3 Å². The third-order valence-electron chi connectivity index (χ3n) is 2.81. The number of hydrogen-bond acceptors (Lipinski definition) is 2. The number of anilines is 2. The molecule has 110 valence electrons. The van der Waals surface area contributed by atoms with Crippen molar-refractivity contribution in [2.45, 2.75) is 13.0 Å². The first kappa shape index (κ1) is 15.7. The van der Waals surface area contributed by atoms with E-state index in [1.807, 2.05) is 22.6 Å². The minimum atomic E-state index is -0.604. The van der Waals surface area contributed by atoms with Crippen molar-refractivity contribution in [3.05, 3.63) is 57.4 Å². The Balaban J connectivity index is 2.06. The van der Waals surface area contributed by atoms with Crippen LogP contribution >= 0.6 is 22.6 Å². The summed E-state index contributed by atoms with van der Waals surface area (Å²) in [7, 11) is 0. The average molecular weight is 400 g/mol. The zero-order valence-electron chi connectivity index (χ0n) is 11.2. The van der Waals surface area contributed by atoms with Crippen LogP contribution in [0.2, 0.25) is 0 Å². The zero-order valence-corrected chi connectivity index (χ0v) is 13.4. The van der Waals surface area contributed by atoms with E-state index in [-0.39, 0.29) is 5.82 Å². The largest absolute Gasteiger partial charge is 0.389 e. The first-order valence-electron chi connectivity index (χ1n) is 6.27. The molecule has 2 amide bonds. The molecule has 2 rings (SSSR count). The molecule has 6 heteroatoms. The maximum absolute atomic E-state index is 13.0. The molecule has 3 N–H and O–H groups in total. The van der Waals surface area contributed by atoms with Crippen LogP contribution in [0.15, 0.2) is 42.5 Å². The van der Waals surface area contributed by atoms with Gasteiger partial charge in [0.05, 0.1) is 11.8 Å². The topological polar surface area (TPSA) is 61.4 Å². The number of aliphatic hydroxyl groups excluding tert-OH is 1. The molecule has 1 atom stereocenters. The highest BCUT2D eigenvalue weighted by atomic mass is 127. The molecule has 2 aromatic carbocycles. The van der Waals surface area contributed by atoms with Gasteiger partial charge in [-0.05, 0) is 65.4 Å². The Morgan fingerprint density at radius 2 is 2.00 bits per heavy atom. The summed E-state index contributed by atoms with van der Waals surface area (Å²) in [6, 6.07) is 10.6. The molecular weight excluding hydrogens is 386 g/mol. The van der Waals surface area contributed by atoms with Gasteiger partial charge < -0.3 is 15.7 Å². The van der Waals surface area contributed by atoms with E-state index in [0.717, 1.165) is 0 Å². The van der Waals surface area contributed by atoms with Gasteiger partial charge in [-0.2, -0.15) is 0 Å². The van der Waals surface area contributed by atoms with Crippen LogP contribution < -0.4 is 10.6 Å². The smallest absolute Gasteiger partial charge is 0.323 e. The highest BCUT2D eigenvalue weighted by Crippen LogP contribution is 2.20. The fourth-order valence-corrected chi connectivity index (χ4v) is 2.36. The standard InChI is InChI=1S/C15H14FIN2O2/c1-9(20)10-3-2-4-12(7-10)18-15(21)19-14-6-5-11(16)8-13(14)17/h2-9,20H,1H3,(H2,18,19,21). The van der Waals surface area contributed by atoms with E-state index in [4.69, 9.17) is 0 Å². The maximum atomic E-state index is 13.0. The van der Waals surface area contributed by atoms with Gasteiger partial charge in [-0.3, -0.25) is 0 Å². The Bertz CT molecular complexity index is 662. The SMILES string of the molecule is CC(O)c1cccc(NC(=O)Nc2ccc(F)cc2I)c1. The van der Waals surface area contributed by atoms with Gasteiger partial charge in [-0.15, -0.1) is 0 Å². The number of amides is 2. The van der Waals surface area contributed by atoms with Gasteiger partial charge in [-0.1, -0.05) is 12.1 Å². The predicted molar refractivity (Wildman–Crippen MR) is 88.8 cm³/mol. The van der Waals surface area contributed by atoms with Gasteiger partial charge in [-0.25, -0.2) is 9.18 Å². The van der Waals surface area contributed by atoms with Crippen molar-refractivity contribution in [1.82, 2.24) is 0 Å². The summed E-state index contributed by atoms with van der Waals surface area (Å²) in [5, 5.41) is 14.8. The zero-order chi connectivity index (χ0) is 15.4. The monoisotopic (exact) mass is 400 g/mol. The lowest BCUT2D eigenvalue weighted by atomic mass is 10.1. The summed E-state index contributed by atoms with van der Waals surface area (Å²) in [4.78, 5) is 11.9. The Morgan fingerprint density at radius 3 is 2.67 bits per heavy atom. The number of hydrogen-bond donors (Lipinski definition) is 3. The highest BCUT2D eigenvalue weighted by molar-refractivity contribution is 14.1. The molecular formula is C15H14FIN2O2. The van der Waals surface area contributed by atoms with Crippen molar-refractivity contribution in [2.75, 3.05) is 10.6 Å². The van der Waals surface area contributed by atoms with Gasteiger partial charge in [0.25, 0.3) is 0 Å². The molecule has 0 aliphatic carbocycles. The van der Waals surface area contributed by atoms with Gasteiger partial charge in [0.15, 0.2) is 0 Å². The van der Waals surface area contributed by atoms with Crippen LogP contribution in [0.4, 0.5) is 20.6 Å². The normalized spacial score (nSPS) is 11.8. The van der Waals surface area contributed by atoms with E-state index in [2.05, 4.69) is 10.6 Å². The van der Waals surface area contributed by atoms with Gasteiger partial charge in [0, 0.05) is 9.26 Å². The fraction of sp³-hybridized carbons (Fsp3) is 0.133. The molecule has 0 aliphatic heterocycles. The first-order chi connectivity index (χ1) is 9.95. The summed E-state index contributed by atoms with van der Waals surface area (Å²) >= 11 is 1.95. The summed E-state index contributed by atoms with van der Waals surface area (Å²) in [5.74, 6) is -0.352. The van der Waals surface area contributed by atoms with E-state index >= 15 is 0 Å². The Hall–Kier alpha value is -1.67. The quantitative estimate of drug-likeness (QED) is 0.679. The molecule has 0 radical (unpaired) electrons. The second-order valence-electron chi connectivity index (χ2n) is 4.50. The number of halogens is 2. The third-order valence-corrected chi connectivity index (χ3v) is 3.70. The number of aliphatic hydroxyl groups is 1. The molecule has 0 fully saturated rings. The van der Waals surface area contributed by atoms with Crippen LogP contribution in [0.1, 0.15) is 18.6 Å². The number of benzene rings is 2. The van der Waals surface area contributed by atoms with Crippen LogP contribution in [0.3, 0.4) is 0 Å². The van der Waals surface area contributed by atoms with Crippen molar-refractivity contribution >= 4 is 40.0 Å². The second-order valence-corrected chi connectivity index (χ2v) is 5.67. The molecule has 4 nitrogen and oxygen atoms in total. The summed E-state index contributed by atoms with van der Waals surface area (Å²) < 4.78 is 13.6. The van der Waals surface area contributed by atoms with E-state index < -0.39 is 12.1 Å². The number of urea groups is 1. The Morgan fingerprint density at radius 1 is 1.24 bits per heavy atom. The van der Waals surface area contributed by atoms with Crippen LogP contribution in [0.25, 0.3) is 0 Å². The molecule has 0 aliphatic rings. The molecule has 21 heavy (non-hydrogen) atoms. The fourth-order valence-electron chi connectivity index (χ4n) is 1.75. The highest BCUT2D eigenvalue weighted by Gasteiger charge is 2.08. The molecule has 0 saturated heterocycles. The lowest BCUT2D eigenvalue weighted by molar-refractivity contribution is 0.199. The Labute approximate surface area is 135 Å². The number of carbonyl (C=O) groups is 1. The summed E-state index contributed by atoms with van der Waals surface area (Å²) in [6.07, 6.45) is -0.604. The second kappa shape index (κ2) is 6.86.